The predicted molar refractivity (Wildman–Crippen MR) is 102 cm³/mol. The first-order chi connectivity index (χ1) is 11.8. The van der Waals surface area contributed by atoms with E-state index < -0.39 is 5.91 Å². The fraction of sp³-hybridized carbons (Fsp3) is 0.294. The molecular formula is C17H18Cl2N2O3S. The summed E-state index contributed by atoms with van der Waals surface area (Å²) >= 11 is 13.2. The number of halogens is 2. The first-order valence-electron chi connectivity index (χ1n) is 7.57. The number of carbonyl (C=O) groups excluding carboxylic acids is 2. The van der Waals surface area contributed by atoms with E-state index in [2.05, 4.69) is 5.32 Å². The van der Waals surface area contributed by atoms with E-state index in [1.54, 1.807) is 18.2 Å². The highest BCUT2D eigenvalue weighted by Gasteiger charge is 2.18. The SMILES string of the molecule is Cc1sc(NC(=O)CCCOc2ccc(Cl)cc2Cl)c(C(N)=O)c1C. The molecule has 1 heterocycles. The fourth-order valence-electron chi connectivity index (χ4n) is 2.21. The number of anilines is 1. The lowest BCUT2D eigenvalue weighted by Crippen LogP contribution is -2.17. The lowest BCUT2D eigenvalue weighted by atomic mass is 10.1. The summed E-state index contributed by atoms with van der Waals surface area (Å²) in [5.41, 5.74) is 6.56. The molecule has 0 saturated heterocycles. The first kappa shape index (κ1) is 19.6. The van der Waals surface area contributed by atoms with E-state index >= 15 is 0 Å². The maximum Gasteiger partial charge on any atom is 0.251 e. The molecule has 0 unspecified atom stereocenters. The number of nitrogens with two attached hydrogens (primary N) is 1. The van der Waals surface area contributed by atoms with Crippen LogP contribution in [0, 0.1) is 13.8 Å². The minimum Gasteiger partial charge on any atom is -0.492 e. The Labute approximate surface area is 160 Å². The third-order valence-electron chi connectivity index (χ3n) is 3.58. The third kappa shape index (κ3) is 5.11. The van der Waals surface area contributed by atoms with Crippen molar-refractivity contribution in [3.63, 3.8) is 0 Å². The maximum absolute atomic E-state index is 12.1. The van der Waals surface area contributed by atoms with Gasteiger partial charge in [-0.25, -0.2) is 0 Å². The van der Waals surface area contributed by atoms with E-state index in [0.29, 0.717) is 39.4 Å². The molecule has 0 bridgehead atoms. The van der Waals surface area contributed by atoms with Gasteiger partial charge in [-0.1, -0.05) is 23.2 Å². The van der Waals surface area contributed by atoms with Crippen LogP contribution in [0.1, 0.15) is 33.6 Å². The van der Waals surface area contributed by atoms with Crippen LogP contribution in [0.4, 0.5) is 5.00 Å². The number of nitrogens with one attached hydrogen (secondary N) is 1. The molecular weight excluding hydrogens is 383 g/mol. The number of primary amides is 1. The Morgan fingerprint density at radius 2 is 2.00 bits per heavy atom. The molecule has 0 atom stereocenters. The van der Waals surface area contributed by atoms with Crippen molar-refractivity contribution < 1.29 is 14.3 Å². The highest BCUT2D eigenvalue weighted by molar-refractivity contribution is 7.16. The van der Waals surface area contributed by atoms with Crippen LogP contribution in [-0.4, -0.2) is 18.4 Å². The summed E-state index contributed by atoms with van der Waals surface area (Å²) in [6.45, 7) is 4.02. The molecule has 0 spiro atoms. The van der Waals surface area contributed by atoms with Gasteiger partial charge in [0.25, 0.3) is 5.91 Å². The lowest BCUT2D eigenvalue weighted by Gasteiger charge is -2.08. The minimum absolute atomic E-state index is 0.199. The molecule has 0 radical (unpaired) electrons. The largest absolute Gasteiger partial charge is 0.492 e. The van der Waals surface area contributed by atoms with Gasteiger partial charge in [0.2, 0.25) is 5.91 Å². The van der Waals surface area contributed by atoms with Crippen molar-refractivity contribution in [3.05, 3.63) is 44.2 Å². The monoisotopic (exact) mass is 400 g/mol. The zero-order valence-electron chi connectivity index (χ0n) is 13.8. The van der Waals surface area contributed by atoms with Gasteiger partial charge in [-0.05, 0) is 44.0 Å². The molecule has 1 aromatic heterocycles. The topological polar surface area (TPSA) is 81.4 Å². The smallest absolute Gasteiger partial charge is 0.251 e. The zero-order valence-corrected chi connectivity index (χ0v) is 16.1. The number of carbonyl (C=O) groups is 2. The van der Waals surface area contributed by atoms with Gasteiger partial charge < -0.3 is 15.8 Å². The Morgan fingerprint density at radius 1 is 1.28 bits per heavy atom. The molecule has 0 aliphatic heterocycles. The quantitative estimate of drug-likeness (QED) is 0.667. The van der Waals surface area contributed by atoms with E-state index in [4.69, 9.17) is 33.7 Å². The minimum atomic E-state index is -0.544. The predicted octanol–water partition coefficient (Wildman–Crippen LogP) is 4.57. The number of hydrogen-bond donors (Lipinski definition) is 2. The number of ether oxygens (including phenoxy) is 1. The van der Waals surface area contributed by atoms with Crippen molar-refractivity contribution in [3.8, 4) is 5.75 Å². The van der Waals surface area contributed by atoms with Gasteiger partial charge in [-0.3, -0.25) is 9.59 Å². The average molecular weight is 401 g/mol. The zero-order chi connectivity index (χ0) is 18.6. The summed E-state index contributed by atoms with van der Waals surface area (Å²) < 4.78 is 5.54. The Hall–Kier alpha value is -1.76. The molecule has 3 N–H and O–H groups in total. The molecule has 2 amide bonds. The number of hydrogen-bond acceptors (Lipinski definition) is 4. The van der Waals surface area contributed by atoms with Gasteiger partial charge in [0.15, 0.2) is 0 Å². The Morgan fingerprint density at radius 3 is 2.64 bits per heavy atom. The standard InChI is InChI=1S/C17H18Cl2N2O3S/c1-9-10(2)25-17(15(9)16(20)23)21-14(22)4-3-7-24-13-6-5-11(18)8-12(13)19/h5-6,8H,3-4,7H2,1-2H3,(H2,20,23)(H,21,22). The van der Waals surface area contributed by atoms with Crippen LogP contribution >= 0.6 is 34.5 Å². The van der Waals surface area contributed by atoms with Crippen LogP contribution in [-0.2, 0) is 4.79 Å². The summed E-state index contributed by atoms with van der Waals surface area (Å²) in [6.07, 6.45) is 0.749. The lowest BCUT2D eigenvalue weighted by molar-refractivity contribution is -0.116. The van der Waals surface area contributed by atoms with E-state index in [1.165, 1.54) is 11.3 Å². The summed E-state index contributed by atoms with van der Waals surface area (Å²) in [7, 11) is 0. The van der Waals surface area contributed by atoms with Gasteiger partial charge in [-0.2, -0.15) is 0 Å². The molecule has 0 aliphatic carbocycles. The van der Waals surface area contributed by atoms with Gasteiger partial charge in [0.1, 0.15) is 10.8 Å². The van der Waals surface area contributed by atoms with Crippen molar-refractivity contribution >= 4 is 51.4 Å². The van der Waals surface area contributed by atoms with Gasteiger partial charge in [0, 0.05) is 16.3 Å². The van der Waals surface area contributed by atoms with Gasteiger partial charge >= 0.3 is 0 Å². The van der Waals surface area contributed by atoms with Crippen LogP contribution in [0.5, 0.6) is 5.75 Å². The second kappa shape index (κ2) is 8.56. The molecule has 5 nitrogen and oxygen atoms in total. The van der Waals surface area contributed by atoms with E-state index in [0.717, 1.165) is 10.4 Å². The van der Waals surface area contributed by atoms with E-state index in [9.17, 15) is 9.59 Å². The molecule has 0 aliphatic rings. The number of aryl methyl sites for hydroxylation is 1. The van der Waals surface area contributed by atoms with Gasteiger partial charge in [-0.15, -0.1) is 11.3 Å². The number of rotatable bonds is 7. The second-order valence-corrected chi connectivity index (χ2v) is 7.49. The van der Waals surface area contributed by atoms with Gasteiger partial charge in [0.05, 0.1) is 17.2 Å². The third-order valence-corrected chi connectivity index (χ3v) is 5.24. The molecule has 0 saturated carbocycles. The Bertz CT molecular complexity index is 805. The summed E-state index contributed by atoms with van der Waals surface area (Å²) in [5, 5.41) is 4.20. The van der Waals surface area contributed by atoms with Crippen molar-refractivity contribution in [2.24, 2.45) is 5.73 Å². The Balaban J connectivity index is 1.85. The van der Waals surface area contributed by atoms with Crippen LogP contribution in [0.15, 0.2) is 18.2 Å². The molecule has 134 valence electrons. The molecule has 2 rings (SSSR count). The van der Waals surface area contributed by atoms with E-state index in [1.807, 2.05) is 13.8 Å². The van der Waals surface area contributed by atoms with E-state index in [-0.39, 0.29) is 12.3 Å². The number of thiophene rings is 1. The average Bonchev–Trinajstić information content (AvgIpc) is 2.79. The summed E-state index contributed by atoms with van der Waals surface area (Å²) in [4.78, 5) is 24.6. The van der Waals surface area contributed by atoms with Crippen LogP contribution < -0.4 is 15.8 Å². The van der Waals surface area contributed by atoms with Crippen molar-refractivity contribution in [1.29, 1.82) is 0 Å². The number of amides is 2. The van der Waals surface area contributed by atoms with Crippen molar-refractivity contribution in [2.45, 2.75) is 26.7 Å². The highest BCUT2D eigenvalue weighted by atomic mass is 35.5. The molecule has 2 aromatic rings. The second-order valence-electron chi connectivity index (χ2n) is 5.43. The first-order valence-corrected chi connectivity index (χ1v) is 9.14. The van der Waals surface area contributed by atoms with Crippen molar-refractivity contribution in [1.82, 2.24) is 0 Å². The van der Waals surface area contributed by atoms with Crippen molar-refractivity contribution in [2.75, 3.05) is 11.9 Å². The molecule has 8 heteroatoms. The molecule has 1 aromatic carbocycles. The molecule has 0 fully saturated rings. The maximum atomic E-state index is 12.1. The van der Waals surface area contributed by atoms with Crippen LogP contribution in [0.2, 0.25) is 10.0 Å². The van der Waals surface area contributed by atoms with Crippen LogP contribution in [0.3, 0.4) is 0 Å². The normalized spacial score (nSPS) is 10.6. The number of benzene rings is 1. The summed E-state index contributed by atoms with van der Waals surface area (Å²) in [6, 6.07) is 4.96. The summed E-state index contributed by atoms with van der Waals surface area (Å²) in [5.74, 6) is -0.223. The van der Waals surface area contributed by atoms with Crippen LogP contribution in [0.25, 0.3) is 0 Å². The molecule has 25 heavy (non-hydrogen) atoms. The Kier molecular flexibility index (Phi) is 6.70. The fourth-order valence-corrected chi connectivity index (χ4v) is 3.75. The highest BCUT2D eigenvalue weighted by Crippen LogP contribution is 2.32.